The lowest BCUT2D eigenvalue weighted by molar-refractivity contribution is 0.0923. The summed E-state index contributed by atoms with van der Waals surface area (Å²) in [5.74, 6) is 0. The fourth-order valence-corrected chi connectivity index (χ4v) is 3.08. The Balaban J connectivity index is 1.81. The number of nitrogens with zero attached hydrogens (tertiary/aromatic N) is 3. The molecular weight excluding hydrogens is 318 g/mol. The molecule has 1 amide bonds. The van der Waals surface area contributed by atoms with Gasteiger partial charge < -0.3 is 9.64 Å². The fourth-order valence-electron chi connectivity index (χ4n) is 2.91. The number of carbonyl (C=O) groups excluding carboxylic acids is 1. The van der Waals surface area contributed by atoms with Crippen molar-refractivity contribution in [3.8, 4) is 0 Å². The highest BCUT2D eigenvalue weighted by Crippen LogP contribution is 2.22. The third-order valence-electron chi connectivity index (χ3n) is 4.13. The van der Waals surface area contributed by atoms with Gasteiger partial charge in [0.15, 0.2) is 0 Å². The number of hydrogen-bond acceptors (Lipinski definition) is 4. The van der Waals surface area contributed by atoms with Crippen LogP contribution in [0.3, 0.4) is 0 Å². The monoisotopic (exact) mass is 335 g/mol. The van der Waals surface area contributed by atoms with E-state index in [0.29, 0.717) is 48.5 Å². The average Bonchev–Trinajstić information content (AvgIpc) is 2.56. The minimum absolute atomic E-state index is 0.0315. The fraction of sp³-hybridized carbons (Fsp3) is 0.438. The average molecular weight is 336 g/mol. The number of amides is 1. The molecule has 0 saturated carbocycles. The maximum atomic E-state index is 12.7. The quantitative estimate of drug-likeness (QED) is 0.846. The minimum atomic E-state index is -0.290. The predicted molar refractivity (Wildman–Crippen MR) is 87.9 cm³/mol. The second kappa shape index (κ2) is 6.58. The van der Waals surface area contributed by atoms with Crippen molar-refractivity contribution in [2.75, 3.05) is 19.7 Å². The van der Waals surface area contributed by atoms with Crippen molar-refractivity contribution in [2.45, 2.75) is 25.8 Å². The molecule has 2 aromatic rings. The highest BCUT2D eigenvalue weighted by molar-refractivity contribution is 6.31. The van der Waals surface area contributed by atoms with E-state index in [2.05, 4.69) is 4.98 Å². The van der Waals surface area contributed by atoms with Gasteiger partial charge >= 0.3 is 6.09 Å². The molecular formula is C16H18ClN3O3. The number of hydrogen-bond donors (Lipinski definition) is 0. The van der Waals surface area contributed by atoms with Gasteiger partial charge in [-0.15, -0.1) is 0 Å². The van der Waals surface area contributed by atoms with Crippen molar-refractivity contribution >= 4 is 28.6 Å². The topological polar surface area (TPSA) is 64.4 Å². The largest absolute Gasteiger partial charge is 0.450 e. The molecule has 3 rings (SSSR count). The number of likely N-dealkylation sites (tertiary alicyclic amines) is 1. The molecule has 1 aliphatic heterocycles. The van der Waals surface area contributed by atoms with Crippen LogP contribution < -0.4 is 5.56 Å². The van der Waals surface area contributed by atoms with Crippen molar-refractivity contribution < 1.29 is 9.53 Å². The molecule has 1 aliphatic rings. The van der Waals surface area contributed by atoms with E-state index >= 15 is 0 Å². The second-order valence-corrected chi connectivity index (χ2v) is 5.97. The number of fused-ring (bicyclic) bond motifs is 1. The number of benzene rings is 1. The summed E-state index contributed by atoms with van der Waals surface area (Å²) in [6.45, 7) is 3.30. The van der Waals surface area contributed by atoms with Crippen molar-refractivity contribution in [2.24, 2.45) is 0 Å². The summed E-state index contributed by atoms with van der Waals surface area (Å²) in [7, 11) is 0. The summed E-state index contributed by atoms with van der Waals surface area (Å²) in [6.07, 6.45) is 2.70. The summed E-state index contributed by atoms with van der Waals surface area (Å²) < 4.78 is 6.66. The zero-order valence-electron chi connectivity index (χ0n) is 12.9. The first-order valence-electron chi connectivity index (χ1n) is 7.68. The summed E-state index contributed by atoms with van der Waals surface area (Å²) in [5.41, 5.74) is 0.548. The number of rotatable bonds is 2. The molecule has 0 atom stereocenters. The van der Waals surface area contributed by atoms with Crippen LogP contribution in [0.5, 0.6) is 0 Å². The van der Waals surface area contributed by atoms with Gasteiger partial charge in [0.05, 0.1) is 23.8 Å². The van der Waals surface area contributed by atoms with E-state index in [4.69, 9.17) is 16.3 Å². The Bertz CT molecular complexity index is 782. The van der Waals surface area contributed by atoms with Gasteiger partial charge in [0.2, 0.25) is 0 Å². The molecule has 1 saturated heterocycles. The lowest BCUT2D eigenvalue weighted by Gasteiger charge is -2.32. The third kappa shape index (κ3) is 3.17. The first-order chi connectivity index (χ1) is 11.1. The molecule has 0 aliphatic carbocycles. The van der Waals surface area contributed by atoms with Gasteiger partial charge in [-0.3, -0.25) is 9.36 Å². The highest BCUT2D eigenvalue weighted by atomic mass is 35.5. The lowest BCUT2D eigenvalue weighted by atomic mass is 10.0. The molecule has 0 bridgehead atoms. The molecule has 0 N–H and O–H groups in total. The molecule has 7 heteroatoms. The third-order valence-corrected chi connectivity index (χ3v) is 4.36. The van der Waals surface area contributed by atoms with E-state index < -0.39 is 0 Å². The van der Waals surface area contributed by atoms with Crippen molar-refractivity contribution in [1.29, 1.82) is 0 Å². The Morgan fingerprint density at radius 3 is 2.83 bits per heavy atom. The van der Waals surface area contributed by atoms with Crippen molar-refractivity contribution in [3.63, 3.8) is 0 Å². The van der Waals surface area contributed by atoms with Crippen LogP contribution in [0.4, 0.5) is 4.79 Å². The molecule has 1 aromatic heterocycles. The number of halogens is 1. The van der Waals surface area contributed by atoms with E-state index in [1.165, 1.54) is 0 Å². The van der Waals surface area contributed by atoms with Crippen LogP contribution in [-0.4, -0.2) is 40.2 Å². The van der Waals surface area contributed by atoms with Gasteiger partial charge in [-0.2, -0.15) is 0 Å². The maximum Gasteiger partial charge on any atom is 0.409 e. The zero-order chi connectivity index (χ0) is 16.4. The van der Waals surface area contributed by atoms with Gasteiger partial charge in [0.25, 0.3) is 5.56 Å². The van der Waals surface area contributed by atoms with Crippen LogP contribution in [0, 0.1) is 0 Å². The predicted octanol–water partition coefficient (Wildman–Crippen LogP) is 2.84. The molecule has 1 fully saturated rings. The Labute approximate surface area is 138 Å². The minimum Gasteiger partial charge on any atom is -0.450 e. The van der Waals surface area contributed by atoms with Crippen LogP contribution in [0.1, 0.15) is 25.8 Å². The van der Waals surface area contributed by atoms with Crippen LogP contribution >= 0.6 is 11.6 Å². The van der Waals surface area contributed by atoms with Crippen LogP contribution in [-0.2, 0) is 4.74 Å². The SMILES string of the molecule is CCOC(=O)N1CCC(n2cnc3ccc(Cl)cc3c2=O)CC1. The standard InChI is InChI=1S/C16H18ClN3O3/c1-2-23-16(22)19-7-5-12(6-8-19)20-10-18-14-4-3-11(17)9-13(14)15(20)21/h3-4,9-10,12H,2,5-8H2,1H3. The van der Waals surface area contributed by atoms with Gasteiger partial charge in [0.1, 0.15) is 0 Å². The number of piperidine rings is 1. The number of ether oxygens (including phenoxy) is 1. The first kappa shape index (κ1) is 15.8. The normalized spacial score (nSPS) is 15.8. The summed E-state index contributed by atoms with van der Waals surface area (Å²) in [5, 5.41) is 1.04. The van der Waals surface area contributed by atoms with Gasteiger partial charge in [-0.1, -0.05) is 11.6 Å². The maximum absolute atomic E-state index is 12.7. The summed E-state index contributed by atoms with van der Waals surface area (Å²) in [6, 6.07) is 5.14. The highest BCUT2D eigenvalue weighted by Gasteiger charge is 2.25. The molecule has 1 aromatic carbocycles. The Morgan fingerprint density at radius 1 is 1.39 bits per heavy atom. The van der Waals surface area contributed by atoms with Crippen molar-refractivity contribution in [1.82, 2.24) is 14.5 Å². The Hall–Kier alpha value is -2.08. The molecule has 0 unspecified atom stereocenters. The van der Waals surface area contributed by atoms with E-state index in [1.807, 2.05) is 0 Å². The molecule has 0 spiro atoms. The van der Waals surface area contributed by atoms with Gasteiger partial charge in [-0.25, -0.2) is 9.78 Å². The summed E-state index contributed by atoms with van der Waals surface area (Å²) in [4.78, 5) is 30.4. The Kier molecular flexibility index (Phi) is 4.52. The van der Waals surface area contributed by atoms with Crippen LogP contribution in [0.2, 0.25) is 5.02 Å². The zero-order valence-corrected chi connectivity index (χ0v) is 13.6. The molecule has 23 heavy (non-hydrogen) atoms. The number of carbonyl (C=O) groups is 1. The van der Waals surface area contributed by atoms with E-state index in [0.717, 1.165) is 0 Å². The smallest absolute Gasteiger partial charge is 0.409 e. The molecule has 122 valence electrons. The lowest BCUT2D eigenvalue weighted by Crippen LogP contribution is -2.41. The molecule has 2 heterocycles. The Morgan fingerprint density at radius 2 is 2.13 bits per heavy atom. The van der Waals surface area contributed by atoms with E-state index in [9.17, 15) is 9.59 Å². The van der Waals surface area contributed by atoms with Crippen LogP contribution in [0.25, 0.3) is 10.9 Å². The van der Waals surface area contributed by atoms with Crippen molar-refractivity contribution in [3.05, 3.63) is 39.9 Å². The van der Waals surface area contributed by atoms with Gasteiger partial charge in [0, 0.05) is 24.2 Å². The van der Waals surface area contributed by atoms with E-state index in [-0.39, 0.29) is 17.7 Å². The molecule has 0 radical (unpaired) electrons. The summed E-state index contributed by atoms with van der Waals surface area (Å²) >= 11 is 5.98. The van der Waals surface area contributed by atoms with E-state index in [1.54, 1.807) is 40.9 Å². The molecule has 6 nitrogen and oxygen atoms in total. The second-order valence-electron chi connectivity index (χ2n) is 5.54. The number of aromatic nitrogens is 2. The van der Waals surface area contributed by atoms with Crippen LogP contribution in [0.15, 0.2) is 29.3 Å². The first-order valence-corrected chi connectivity index (χ1v) is 8.06. The van der Waals surface area contributed by atoms with Gasteiger partial charge in [-0.05, 0) is 38.0 Å².